The van der Waals surface area contributed by atoms with Gasteiger partial charge < -0.3 is 15.2 Å². The van der Waals surface area contributed by atoms with E-state index in [2.05, 4.69) is 17.4 Å². The van der Waals surface area contributed by atoms with Gasteiger partial charge in [-0.3, -0.25) is 0 Å². The number of para-hydroxylation sites is 1. The third kappa shape index (κ3) is 4.22. The number of aliphatic hydroxyl groups excluding tert-OH is 1. The van der Waals surface area contributed by atoms with E-state index in [9.17, 15) is 5.11 Å². The molecule has 0 aromatic heterocycles. The van der Waals surface area contributed by atoms with Crippen LogP contribution in [-0.4, -0.2) is 23.9 Å². The van der Waals surface area contributed by atoms with Gasteiger partial charge >= 0.3 is 0 Å². The summed E-state index contributed by atoms with van der Waals surface area (Å²) in [6.45, 7) is 5.20. The van der Waals surface area contributed by atoms with Crippen molar-refractivity contribution >= 4 is 0 Å². The molecule has 0 heterocycles. The van der Waals surface area contributed by atoms with Gasteiger partial charge in [-0.2, -0.15) is 0 Å². The Morgan fingerprint density at radius 1 is 1.25 bits per heavy atom. The molecule has 3 nitrogen and oxygen atoms in total. The minimum atomic E-state index is 0.191. The van der Waals surface area contributed by atoms with E-state index in [1.165, 1.54) is 24.8 Å². The van der Waals surface area contributed by atoms with Gasteiger partial charge in [0.2, 0.25) is 0 Å². The molecule has 1 aromatic rings. The summed E-state index contributed by atoms with van der Waals surface area (Å²) in [5, 5.41) is 13.1. The van der Waals surface area contributed by atoms with Crippen LogP contribution in [0.5, 0.6) is 5.75 Å². The molecule has 0 bridgehead atoms. The highest BCUT2D eigenvalue weighted by atomic mass is 16.5. The molecule has 2 unspecified atom stereocenters. The summed E-state index contributed by atoms with van der Waals surface area (Å²) < 4.78 is 5.85. The first-order chi connectivity index (χ1) is 9.70. The maximum absolute atomic E-state index is 9.47. The molecule has 0 saturated heterocycles. The number of rotatable bonds is 6. The second kappa shape index (κ2) is 7.65. The first kappa shape index (κ1) is 15.3. The number of nitrogens with one attached hydrogen (secondary N) is 1. The lowest BCUT2D eigenvalue weighted by atomic mass is 9.85. The number of hydrogen-bond donors (Lipinski definition) is 2. The van der Waals surface area contributed by atoms with Crippen molar-refractivity contribution in [2.75, 3.05) is 6.61 Å². The molecule has 20 heavy (non-hydrogen) atoms. The third-order valence-corrected chi connectivity index (χ3v) is 4.03. The van der Waals surface area contributed by atoms with Crippen LogP contribution in [0.4, 0.5) is 0 Å². The van der Waals surface area contributed by atoms with Crippen LogP contribution in [-0.2, 0) is 6.54 Å². The molecule has 0 spiro atoms. The van der Waals surface area contributed by atoms with Gasteiger partial charge in [0.1, 0.15) is 5.75 Å². The Hall–Kier alpha value is -1.06. The molecule has 0 aliphatic heterocycles. The average Bonchev–Trinajstić information content (AvgIpc) is 2.46. The van der Waals surface area contributed by atoms with Gasteiger partial charge in [-0.05, 0) is 38.7 Å². The van der Waals surface area contributed by atoms with Crippen LogP contribution in [0, 0.1) is 5.92 Å². The van der Waals surface area contributed by atoms with Crippen molar-refractivity contribution in [2.45, 2.75) is 58.2 Å². The number of ether oxygens (including phenoxy) is 1. The first-order valence-corrected chi connectivity index (χ1v) is 7.79. The fourth-order valence-electron chi connectivity index (χ4n) is 2.95. The predicted octanol–water partition coefficient (Wildman–Crippen LogP) is 3.11. The Morgan fingerprint density at radius 3 is 2.75 bits per heavy atom. The predicted molar refractivity (Wildman–Crippen MR) is 81.9 cm³/mol. The van der Waals surface area contributed by atoms with Gasteiger partial charge in [-0.15, -0.1) is 0 Å². The van der Waals surface area contributed by atoms with Crippen LogP contribution in [0.15, 0.2) is 24.3 Å². The summed E-state index contributed by atoms with van der Waals surface area (Å²) in [6.07, 6.45) is 5.00. The molecule has 1 aromatic carbocycles. The van der Waals surface area contributed by atoms with E-state index in [1.54, 1.807) is 0 Å². The lowest BCUT2D eigenvalue weighted by molar-refractivity contribution is 0.152. The van der Waals surface area contributed by atoms with Crippen LogP contribution in [0.3, 0.4) is 0 Å². The van der Waals surface area contributed by atoms with Crippen molar-refractivity contribution in [1.29, 1.82) is 0 Å². The summed E-state index contributed by atoms with van der Waals surface area (Å²) >= 11 is 0. The zero-order valence-electron chi connectivity index (χ0n) is 12.6. The second-order valence-electron chi connectivity index (χ2n) is 5.99. The zero-order valence-corrected chi connectivity index (χ0v) is 12.6. The van der Waals surface area contributed by atoms with Crippen molar-refractivity contribution in [3.63, 3.8) is 0 Å². The molecule has 2 rings (SSSR count). The van der Waals surface area contributed by atoms with Crippen LogP contribution in [0.25, 0.3) is 0 Å². The monoisotopic (exact) mass is 277 g/mol. The lowest BCUT2D eigenvalue weighted by Gasteiger charge is -2.31. The Kier molecular flexibility index (Phi) is 5.86. The van der Waals surface area contributed by atoms with E-state index >= 15 is 0 Å². The molecular formula is C17H27NO2. The summed E-state index contributed by atoms with van der Waals surface area (Å²) in [5.74, 6) is 1.37. The Morgan fingerprint density at radius 2 is 2.00 bits per heavy atom. The molecule has 0 amide bonds. The van der Waals surface area contributed by atoms with Crippen molar-refractivity contribution in [3.8, 4) is 5.75 Å². The number of benzene rings is 1. The second-order valence-corrected chi connectivity index (χ2v) is 5.99. The van der Waals surface area contributed by atoms with Crippen molar-refractivity contribution in [1.82, 2.24) is 5.32 Å². The smallest absolute Gasteiger partial charge is 0.124 e. The summed E-state index contributed by atoms with van der Waals surface area (Å²) in [5.41, 5.74) is 1.20. The molecule has 2 N–H and O–H groups in total. The lowest BCUT2D eigenvalue weighted by Crippen LogP contribution is -2.39. The highest BCUT2D eigenvalue weighted by Crippen LogP contribution is 2.25. The van der Waals surface area contributed by atoms with Crippen LogP contribution < -0.4 is 10.1 Å². The normalized spacial score (nSPS) is 23.0. The van der Waals surface area contributed by atoms with Gasteiger partial charge in [-0.25, -0.2) is 0 Å². The van der Waals surface area contributed by atoms with Gasteiger partial charge in [0.15, 0.2) is 0 Å². The molecular weight excluding hydrogens is 250 g/mol. The molecule has 3 heteroatoms. The molecule has 1 aliphatic carbocycles. The highest BCUT2D eigenvalue weighted by Gasteiger charge is 2.24. The third-order valence-electron chi connectivity index (χ3n) is 4.03. The van der Waals surface area contributed by atoms with E-state index < -0.39 is 0 Å². The molecule has 1 saturated carbocycles. The maximum Gasteiger partial charge on any atom is 0.124 e. The van der Waals surface area contributed by atoms with Crippen molar-refractivity contribution < 1.29 is 9.84 Å². The molecule has 112 valence electrons. The molecule has 0 radical (unpaired) electrons. The molecule has 1 fully saturated rings. The summed E-state index contributed by atoms with van der Waals surface area (Å²) in [6, 6.07) is 8.64. The van der Waals surface area contributed by atoms with E-state index in [0.717, 1.165) is 18.7 Å². The van der Waals surface area contributed by atoms with Crippen LogP contribution in [0.2, 0.25) is 0 Å². The van der Waals surface area contributed by atoms with Crippen molar-refractivity contribution in [2.24, 2.45) is 5.92 Å². The van der Waals surface area contributed by atoms with E-state index in [0.29, 0.717) is 18.6 Å². The van der Waals surface area contributed by atoms with Gasteiger partial charge in [0.25, 0.3) is 0 Å². The average molecular weight is 277 g/mol. The molecule has 1 aliphatic rings. The Balaban J connectivity index is 1.96. The van der Waals surface area contributed by atoms with E-state index in [-0.39, 0.29) is 6.10 Å². The van der Waals surface area contributed by atoms with E-state index in [1.807, 2.05) is 26.0 Å². The first-order valence-electron chi connectivity index (χ1n) is 7.79. The largest absolute Gasteiger partial charge is 0.491 e. The number of aliphatic hydroxyl groups is 1. The van der Waals surface area contributed by atoms with Gasteiger partial charge in [0.05, 0.1) is 6.10 Å². The van der Waals surface area contributed by atoms with Gasteiger partial charge in [0, 0.05) is 24.8 Å². The Bertz CT molecular complexity index is 406. The fraction of sp³-hybridized carbons (Fsp3) is 0.647. The van der Waals surface area contributed by atoms with Gasteiger partial charge in [-0.1, -0.05) is 31.0 Å². The molecule has 2 atom stereocenters. The topological polar surface area (TPSA) is 41.5 Å². The SMILES string of the molecule is CC(C)Oc1ccccc1CNC1CCCCC1CO. The maximum atomic E-state index is 9.47. The van der Waals surface area contributed by atoms with Crippen molar-refractivity contribution in [3.05, 3.63) is 29.8 Å². The van der Waals surface area contributed by atoms with E-state index in [4.69, 9.17) is 4.74 Å². The highest BCUT2D eigenvalue weighted by molar-refractivity contribution is 5.33. The summed E-state index contributed by atoms with van der Waals surface area (Å²) in [4.78, 5) is 0. The zero-order chi connectivity index (χ0) is 14.4. The Labute approximate surface area is 122 Å². The quantitative estimate of drug-likeness (QED) is 0.839. The standard InChI is InChI=1S/C17H27NO2/c1-13(2)20-17-10-6-4-7-14(17)11-18-16-9-5-3-8-15(16)12-19/h4,6-7,10,13,15-16,18-19H,3,5,8-9,11-12H2,1-2H3. The van der Waals surface area contributed by atoms with Crippen LogP contribution in [0.1, 0.15) is 45.1 Å². The number of hydrogen-bond acceptors (Lipinski definition) is 3. The minimum absolute atomic E-state index is 0.191. The van der Waals surface area contributed by atoms with Crippen LogP contribution >= 0.6 is 0 Å². The fourth-order valence-corrected chi connectivity index (χ4v) is 2.95. The summed E-state index contributed by atoms with van der Waals surface area (Å²) in [7, 11) is 0. The minimum Gasteiger partial charge on any atom is -0.491 e.